The molecule has 16 heavy (non-hydrogen) atoms. The van der Waals surface area contributed by atoms with Crippen molar-refractivity contribution < 1.29 is 9.84 Å². The lowest BCUT2D eigenvalue weighted by Crippen LogP contribution is -2.17. The van der Waals surface area contributed by atoms with Crippen LogP contribution in [-0.2, 0) is 0 Å². The summed E-state index contributed by atoms with van der Waals surface area (Å²) in [4.78, 5) is 0. The van der Waals surface area contributed by atoms with Crippen molar-refractivity contribution in [2.24, 2.45) is 0 Å². The first kappa shape index (κ1) is 13.2. The summed E-state index contributed by atoms with van der Waals surface area (Å²) in [5.74, 6) is 1.70. The van der Waals surface area contributed by atoms with Gasteiger partial charge in [-0.1, -0.05) is 6.92 Å². The van der Waals surface area contributed by atoms with Crippen LogP contribution in [0.3, 0.4) is 0 Å². The summed E-state index contributed by atoms with van der Waals surface area (Å²) in [6.07, 6.45) is -0.276. The summed E-state index contributed by atoms with van der Waals surface area (Å²) in [5, 5.41) is 9.54. The highest BCUT2D eigenvalue weighted by molar-refractivity contribution is 7.99. The van der Waals surface area contributed by atoms with Crippen LogP contribution in [0.15, 0.2) is 24.3 Å². The summed E-state index contributed by atoms with van der Waals surface area (Å²) in [6.45, 7) is 4.46. The van der Waals surface area contributed by atoms with Crippen molar-refractivity contribution in [1.29, 1.82) is 0 Å². The number of nitrogens with two attached hydrogens (primary N) is 1. The molecule has 0 aromatic heterocycles. The van der Waals surface area contributed by atoms with Crippen molar-refractivity contribution in [2.45, 2.75) is 25.2 Å². The van der Waals surface area contributed by atoms with Crippen LogP contribution in [0, 0.1) is 0 Å². The summed E-state index contributed by atoms with van der Waals surface area (Å²) < 4.78 is 5.53. The number of thioether (sulfide) groups is 1. The number of hydrogen-bond acceptors (Lipinski definition) is 4. The molecule has 0 amide bonds. The fourth-order valence-electron chi connectivity index (χ4n) is 1.10. The molecule has 1 rings (SSSR count). The molecule has 0 spiro atoms. The Hall–Kier alpha value is -0.870. The lowest BCUT2D eigenvalue weighted by Gasteiger charge is -2.14. The lowest BCUT2D eigenvalue weighted by atomic mass is 10.3. The minimum Gasteiger partial charge on any atom is -0.493 e. The van der Waals surface area contributed by atoms with Gasteiger partial charge in [-0.25, -0.2) is 0 Å². The van der Waals surface area contributed by atoms with E-state index in [1.807, 2.05) is 31.2 Å². The number of benzene rings is 1. The third kappa shape index (κ3) is 4.77. The number of aliphatic hydroxyl groups excluding tert-OH is 1. The van der Waals surface area contributed by atoms with E-state index in [-0.39, 0.29) is 11.4 Å². The van der Waals surface area contributed by atoms with E-state index < -0.39 is 0 Å². The summed E-state index contributed by atoms with van der Waals surface area (Å²) >= 11 is 1.71. The van der Waals surface area contributed by atoms with Gasteiger partial charge in [0.05, 0.1) is 12.7 Å². The monoisotopic (exact) mass is 241 g/mol. The fraction of sp³-hybridized carbons (Fsp3) is 0.500. The summed E-state index contributed by atoms with van der Waals surface area (Å²) in [5.41, 5.74) is 6.31. The van der Waals surface area contributed by atoms with E-state index in [4.69, 9.17) is 10.5 Å². The van der Waals surface area contributed by atoms with E-state index in [9.17, 15) is 5.11 Å². The first-order valence-electron chi connectivity index (χ1n) is 5.37. The number of nitrogen functional groups attached to an aromatic ring is 1. The predicted molar refractivity (Wildman–Crippen MR) is 70.0 cm³/mol. The molecule has 0 bridgehead atoms. The van der Waals surface area contributed by atoms with Gasteiger partial charge in [0.2, 0.25) is 0 Å². The minimum absolute atomic E-state index is 0.245. The van der Waals surface area contributed by atoms with Crippen LogP contribution in [0.4, 0.5) is 5.69 Å². The largest absolute Gasteiger partial charge is 0.493 e. The topological polar surface area (TPSA) is 55.5 Å². The van der Waals surface area contributed by atoms with E-state index in [0.29, 0.717) is 6.61 Å². The molecule has 3 N–H and O–H groups in total. The van der Waals surface area contributed by atoms with Gasteiger partial charge >= 0.3 is 0 Å². The maximum absolute atomic E-state index is 9.29. The SMILES string of the molecule is CC(O)C(C)SCCOc1ccc(N)cc1. The molecule has 0 radical (unpaired) electrons. The molecule has 0 saturated carbocycles. The Morgan fingerprint density at radius 3 is 2.50 bits per heavy atom. The van der Waals surface area contributed by atoms with Gasteiger partial charge in [-0.15, -0.1) is 0 Å². The van der Waals surface area contributed by atoms with E-state index >= 15 is 0 Å². The van der Waals surface area contributed by atoms with Crippen LogP contribution in [0.25, 0.3) is 0 Å². The van der Waals surface area contributed by atoms with E-state index in [1.165, 1.54) is 0 Å². The number of hydrogen-bond donors (Lipinski definition) is 2. The molecule has 0 aliphatic carbocycles. The van der Waals surface area contributed by atoms with Crippen molar-refractivity contribution in [3.05, 3.63) is 24.3 Å². The van der Waals surface area contributed by atoms with Gasteiger partial charge in [-0.2, -0.15) is 11.8 Å². The van der Waals surface area contributed by atoms with Gasteiger partial charge in [0, 0.05) is 16.7 Å². The maximum atomic E-state index is 9.29. The molecule has 2 unspecified atom stereocenters. The molecule has 1 aromatic carbocycles. The Morgan fingerprint density at radius 2 is 1.94 bits per heavy atom. The Morgan fingerprint density at radius 1 is 1.31 bits per heavy atom. The Balaban J connectivity index is 2.18. The maximum Gasteiger partial charge on any atom is 0.119 e. The molecule has 1 aromatic rings. The molecule has 3 nitrogen and oxygen atoms in total. The first-order valence-corrected chi connectivity index (χ1v) is 6.42. The molecule has 90 valence electrons. The highest BCUT2D eigenvalue weighted by atomic mass is 32.2. The van der Waals surface area contributed by atoms with Crippen LogP contribution in [0.1, 0.15) is 13.8 Å². The molecule has 0 aliphatic rings. The fourth-order valence-corrected chi connectivity index (χ4v) is 1.93. The molecule has 0 aliphatic heterocycles. The molecule has 0 heterocycles. The van der Waals surface area contributed by atoms with Gasteiger partial charge < -0.3 is 15.6 Å². The first-order chi connectivity index (χ1) is 7.59. The Kier molecular flexibility index (Phi) is 5.49. The molecule has 2 atom stereocenters. The van der Waals surface area contributed by atoms with Gasteiger partial charge in [0.1, 0.15) is 5.75 Å². The van der Waals surface area contributed by atoms with Crippen LogP contribution < -0.4 is 10.5 Å². The average Bonchev–Trinajstić information content (AvgIpc) is 2.26. The van der Waals surface area contributed by atoms with Gasteiger partial charge in [0.15, 0.2) is 0 Å². The molecular formula is C12H19NO2S. The second kappa shape index (κ2) is 6.66. The van der Waals surface area contributed by atoms with Crippen molar-refractivity contribution in [3.63, 3.8) is 0 Å². The molecule has 0 fully saturated rings. The second-order valence-electron chi connectivity index (χ2n) is 3.73. The standard InChI is InChI=1S/C12H19NO2S/c1-9(14)10(2)16-8-7-15-12-5-3-11(13)4-6-12/h3-6,9-10,14H,7-8,13H2,1-2H3. The van der Waals surface area contributed by atoms with Crippen molar-refractivity contribution in [1.82, 2.24) is 0 Å². The zero-order valence-electron chi connectivity index (χ0n) is 9.72. The quantitative estimate of drug-likeness (QED) is 0.592. The average molecular weight is 241 g/mol. The highest BCUT2D eigenvalue weighted by Crippen LogP contribution is 2.16. The number of rotatable bonds is 6. The van der Waals surface area contributed by atoms with Crippen molar-refractivity contribution in [2.75, 3.05) is 18.1 Å². The molecule has 4 heteroatoms. The van der Waals surface area contributed by atoms with Crippen LogP contribution in [0.2, 0.25) is 0 Å². The number of aliphatic hydroxyl groups is 1. The van der Waals surface area contributed by atoms with Gasteiger partial charge in [-0.3, -0.25) is 0 Å². The van der Waals surface area contributed by atoms with Gasteiger partial charge in [-0.05, 0) is 31.2 Å². The summed E-state index contributed by atoms with van der Waals surface area (Å²) in [7, 11) is 0. The van der Waals surface area contributed by atoms with E-state index in [0.717, 1.165) is 17.2 Å². The van der Waals surface area contributed by atoms with E-state index in [1.54, 1.807) is 18.7 Å². The smallest absolute Gasteiger partial charge is 0.119 e. The highest BCUT2D eigenvalue weighted by Gasteiger charge is 2.08. The predicted octanol–water partition coefficient (Wildman–Crippen LogP) is 2.15. The Labute approximate surface area is 101 Å². The Bertz CT molecular complexity index is 300. The minimum atomic E-state index is -0.276. The summed E-state index contributed by atoms with van der Waals surface area (Å²) in [6, 6.07) is 7.36. The normalized spacial score (nSPS) is 14.4. The van der Waals surface area contributed by atoms with Crippen LogP contribution in [-0.4, -0.2) is 28.8 Å². The lowest BCUT2D eigenvalue weighted by molar-refractivity contribution is 0.196. The van der Waals surface area contributed by atoms with E-state index in [2.05, 4.69) is 0 Å². The third-order valence-electron chi connectivity index (χ3n) is 2.29. The molecular weight excluding hydrogens is 222 g/mol. The van der Waals surface area contributed by atoms with Crippen molar-refractivity contribution in [3.8, 4) is 5.75 Å². The second-order valence-corrected chi connectivity index (χ2v) is 5.22. The van der Waals surface area contributed by atoms with Crippen LogP contribution in [0.5, 0.6) is 5.75 Å². The zero-order valence-corrected chi connectivity index (χ0v) is 10.5. The van der Waals surface area contributed by atoms with Crippen LogP contribution >= 0.6 is 11.8 Å². The van der Waals surface area contributed by atoms with Gasteiger partial charge in [0.25, 0.3) is 0 Å². The zero-order chi connectivity index (χ0) is 12.0. The van der Waals surface area contributed by atoms with Crippen molar-refractivity contribution >= 4 is 17.4 Å². The number of ether oxygens (including phenoxy) is 1. The third-order valence-corrected chi connectivity index (χ3v) is 3.61. The molecule has 0 saturated heterocycles. The number of anilines is 1.